The molecule has 2 aliphatic rings. The van der Waals surface area contributed by atoms with Crippen LogP contribution in [0.4, 0.5) is 5.69 Å². The Morgan fingerprint density at radius 2 is 2.03 bits per heavy atom. The zero-order chi connectivity index (χ0) is 23.8. The molecule has 2 atom stereocenters. The van der Waals surface area contributed by atoms with Crippen LogP contribution in [-0.4, -0.2) is 49.6 Å². The fourth-order valence-corrected chi connectivity index (χ4v) is 6.39. The van der Waals surface area contributed by atoms with Crippen LogP contribution in [0.25, 0.3) is 10.8 Å². The van der Waals surface area contributed by atoms with E-state index in [0.29, 0.717) is 18.2 Å². The first-order chi connectivity index (χ1) is 16.4. The molecular formula is C27H29ClIN3O2. The van der Waals surface area contributed by atoms with Crippen LogP contribution in [0, 0.1) is 3.57 Å². The summed E-state index contributed by atoms with van der Waals surface area (Å²) in [5.41, 5.74) is 9.72. The molecule has 1 fully saturated rings. The van der Waals surface area contributed by atoms with Gasteiger partial charge in [0.25, 0.3) is 0 Å². The number of hydrogen-bond acceptors (Lipinski definition) is 4. The first kappa shape index (κ1) is 23.9. The molecule has 34 heavy (non-hydrogen) atoms. The van der Waals surface area contributed by atoms with E-state index in [1.54, 1.807) is 0 Å². The summed E-state index contributed by atoms with van der Waals surface area (Å²) in [6.07, 6.45) is 1.83. The SMILES string of the molecule is C[C@@H]1CN(c2c(I)ccc3c(Cl)cccc23)CCN1CC[C@@H]1OCCc2cc(C(N)=O)ccc21. The highest BCUT2D eigenvalue weighted by Gasteiger charge is 2.28. The highest BCUT2D eigenvalue weighted by Crippen LogP contribution is 2.36. The van der Waals surface area contributed by atoms with Crippen LogP contribution in [0.2, 0.25) is 5.02 Å². The number of amides is 1. The molecule has 0 spiro atoms. The topological polar surface area (TPSA) is 58.8 Å². The van der Waals surface area contributed by atoms with E-state index in [0.717, 1.165) is 49.4 Å². The number of hydrogen-bond donors (Lipinski definition) is 1. The second kappa shape index (κ2) is 10.0. The lowest BCUT2D eigenvalue weighted by atomic mass is 9.93. The molecular weight excluding hydrogens is 561 g/mol. The number of nitrogens with two attached hydrogens (primary N) is 1. The van der Waals surface area contributed by atoms with Crippen LogP contribution in [0.1, 0.15) is 40.9 Å². The van der Waals surface area contributed by atoms with Gasteiger partial charge in [-0.15, -0.1) is 0 Å². The smallest absolute Gasteiger partial charge is 0.248 e. The zero-order valence-corrected chi connectivity index (χ0v) is 22.2. The van der Waals surface area contributed by atoms with Gasteiger partial charge in [0, 0.05) is 57.1 Å². The summed E-state index contributed by atoms with van der Waals surface area (Å²) in [4.78, 5) is 16.6. The maximum absolute atomic E-state index is 11.5. The largest absolute Gasteiger partial charge is 0.373 e. The Bertz CT molecular complexity index is 1230. The lowest BCUT2D eigenvalue weighted by molar-refractivity contribution is 0.0255. The normalized spacial score (nSPS) is 21.0. The predicted molar refractivity (Wildman–Crippen MR) is 147 cm³/mol. The summed E-state index contributed by atoms with van der Waals surface area (Å²) in [5.74, 6) is -0.374. The summed E-state index contributed by atoms with van der Waals surface area (Å²) >= 11 is 8.93. The second-order valence-electron chi connectivity index (χ2n) is 9.24. The molecule has 7 heteroatoms. The number of piperazine rings is 1. The highest BCUT2D eigenvalue weighted by molar-refractivity contribution is 14.1. The van der Waals surface area contributed by atoms with Gasteiger partial charge in [-0.1, -0.05) is 35.9 Å². The monoisotopic (exact) mass is 589 g/mol. The molecule has 5 nitrogen and oxygen atoms in total. The molecule has 0 unspecified atom stereocenters. The number of ether oxygens (including phenoxy) is 1. The van der Waals surface area contributed by atoms with Crippen LogP contribution in [0.5, 0.6) is 0 Å². The van der Waals surface area contributed by atoms with Crippen LogP contribution >= 0.6 is 34.2 Å². The molecule has 3 aromatic rings. The molecule has 3 aromatic carbocycles. The van der Waals surface area contributed by atoms with Gasteiger partial charge in [0.2, 0.25) is 5.91 Å². The Kier molecular flexibility index (Phi) is 7.02. The molecule has 178 valence electrons. The van der Waals surface area contributed by atoms with Gasteiger partial charge < -0.3 is 15.4 Å². The first-order valence-corrected chi connectivity index (χ1v) is 13.3. The van der Waals surface area contributed by atoms with Gasteiger partial charge in [0.05, 0.1) is 18.4 Å². The molecule has 0 aliphatic carbocycles. The van der Waals surface area contributed by atoms with Crippen LogP contribution in [0.3, 0.4) is 0 Å². The van der Waals surface area contributed by atoms with Crippen molar-refractivity contribution in [1.82, 2.24) is 4.90 Å². The number of nitrogens with zero attached hydrogens (tertiary/aromatic N) is 2. The van der Waals surface area contributed by atoms with Crippen LogP contribution in [0.15, 0.2) is 48.5 Å². The number of fused-ring (bicyclic) bond motifs is 2. The number of anilines is 1. The lowest BCUT2D eigenvalue weighted by Crippen LogP contribution is -2.52. The molecule has 0 radical (unpaired) electrons. The Morgan fingerprint density at radius 1 is 1.18 bits per heavy atom. The molecule has 0 bridgehead atoms. The number of benzene rings is 3. The van der Waals surface area contributed by atoms with Gasteiger partial charge >= 0.3 is 0 Å². The van der Waals surface area contributed by atoms with E-state index < -0.39 is 0 Å². The molecule has 5 rings (SSSR count). The van der Waals surface area contributed by atoms with Crippen molar-refractivity contribution in [2.75, 3.05) is 37.7 Å². The van der Waals surface area contributed by atoms with Gasteiger partial charge in [0.1, 0.15) is 0 Å². The van der Waals surface area contributed by atoms with E-state index in [4.69, 9.17) is 22.1 Å². The maximum Gasteiger partial charge on any atom is 0.248 e. The lowest BCUT2D eigenvalue weighted by Gasteiger charge is -2.42. The summed E-state index contributed by atoms with van der Waals surface area (Å²) < 4.78 is 7.39. The summed E-state index contributed by atoms with van der Waals surface area (Å²) in [5, 5.41) is 3.14. The molecule has 1 amide bonds. The Labute approximate surface area is 219 Å². The van der Waals surface area contributed by atoms with E-state index in [2.05, 4.69) is 57.5 Å². The van der Waals surface area contributed by atoms with Crippen LogP contribution in [-0.2, 0) is 11.2 Å². The van der Waals surface area contributed by atoms with Crippen molar-refractivity contribution in [2.24, 2.45) is 5.73 Å². The summed E-state index contributed by atoms with van der Waals surface area (Å²) in [6, 6.07) is 16.7. The predicted octanol–water partition coefficient (Wildman–Crippen LogP) is 5.41. The summed E-state index contributed by atoms with van der Waals surface area (Å²) in [7, 11) is 0. The van der Waals surface area contributed by atoms with Gasteiger partial charge in [-0.2, -0.15) is 0 Å². The summed E-state index contributed by atoms with van der Waals surface area (Å²) in [6.45, 7) is 6.95. The molecule has 1 saturated heterocycles. The van der Waals surface area contributed by atoms with E-state index in [1.165, 1.54) is 25.8 Å². The van der Waals surface area contributed by atoms with E-state index in [-0.39, 0.29) is 12.0 Å². The molecule has 2 N–H and O–H groups in total. The minimum Gasteiger partial charge on any atom is -0.373 e. The van der Waals surface area contributed by atoms with Crippen molar-refractivity contribution < 1.29 is 9.53 Å². The third kappa shape index (κ3) is 4.65. The third-order valence-corrected chi connectivity index (χ3v) is 8.36. The quantitative estimate of drug-likeness (QED) is 0.405. The van der Waals surface area contributed by atoms with Gasteiger partial charge in [-0.05, 0) is 77.7 Å². The van der Waals surface area contributed by atoms with E-state index in [1.807, 2.05) is 30.3 Å². The molecule has 2 aliphatic heterocycles. The molecule has 0 aromatic heterocycles. The van der Waals surface area contributed by atoms with Gasteiger partial charge in [0.15, 0.2) is 0 Å². The van der Waals surface area contributed by atoms with Gasteiger partial charge in [-0.3, -0.25) is 9.69 Å². The average Bonchev–Trinajstić information content (AvgIpc) is 2.83. The highest BCUT2D eigenvalue weighted by atomic mass is 127. The van der Waals surface area contributed by atoms with E-state index in [9.17, 15) is 4.79 Å². The zero-order valence-electron chi connectivity index (χ0n) is 19.3. The molecule has 2 heterocycles. The van der Waals surface area contributed by atoms with Crippen molar-refractivity contribution in [3.63, 3.8) is 0 Å². The number of rotatable bonds is 5. The standard InChI is InChI=1S/C27H29ClIN3O2/c1-17-16-32(26-22-3-2-4-23(28)21(22)7-8-24(26)29)13-12-31(17)11-9-25-20-6-5-19(27(30)33)15-18(20)10-14-34-25/h2-8,15,17,25H,9-14,16H2,1H3,(H2,30,33)/t17-,25+/m1/s1. The van der Waals surface area contributed by atoms with Crippen molar-refractivity contribution >= 4 is 56.6 Å². The maximum atomic E-state index is 11.5. The minimum absolute atomic E-state index is 0.0667. The van der Waals surface area contributed by atoms with E-state index >= 15 is 0 Å². The van der Waals surface area contributed by atoms with Crippen molar-refractivity contribution in [1.29, 1.82) is 0 Å². The third-order valence-electron chi connectivity index (χ3n) is 7.16. The van der Waals surface area contributed by atoms with Crippen molar-refractivity contribution in [3.8, 4) is 0 Å². The average molecular weight is 590 g/mol. The first-order valence-electron chi connectivity index (χ1n) is 11.8. The Hall–Kier alpha value is -1.87. The fraction of sp³-hybridized carbons (Fsp3) is 0.370. The Morgan fingerprint density at radius 3 is 2.82 bits per heavy atom. The molecule has 0 saturated carbocycles. The number of primary amides is 1. The number of halogens is 2. The fourth-order valence-electron chi connectivity index (χ4n) is 5.34. The Balaban J connectivity index is 1.27. The van der Waals surface area contributed by atoms with Gasteiger partial charge in [-0.25, -0.2) is 0 Å². The van der Waals surface area contributed by atoms with Crippen molar-refractivity contribution in [3.05, 3.63) is 73.8 Å². The number of carbonyl (C=O) groups excluding carboxylic acids is 1. The van der Waals surface area contributed by atoms with Crippen LogP contribution < -0.4 is 10.6 Å². The minimum atomic E-state index is -0.374. The number of carbonyl (C=O) groups is 1. The second-order valence-corrected chi connectivity index (χ2v) is 10.8. The van der Waals surface area contributed by atoms with Crippen molar-refractivity contribution in [2.45, 2.75) is 31.9 Å².